The summed E-state index contributed by atoms with van der Waals surface area (Å²) in [6.45, 7) is 0. The van der Waals surface area contributed by atoms with Crippen LogP contribution in [-0.4, -0.2) is 22.6 Å². The number of rotatable bonds is 3. The fourth-order valence-electron chi connectivity index (χ4n) is 2.15. The van der Waals surface area contributed by atoms with Crippen LogP contribution in [0.15, 0.2) is 36.7 Å². The zero-order valence-corrected chi connectivity index (χ0v) is 10.2. The molecule has 1 aromatic carbocycles. The van der Waals surface area contributed by atoms with Crippen LogP contribution >= 0.6 is 0 Å². The fourth-order valence-corrected chi connectivity index (χ4v) is 2.15. The number of hydrogen-bond acceptors (Lipinski definition) is 3. The molecule has 4 heteroatoms. The van der Waals surface area contributed by atoms with Crippen LogP contribution in [-0.2, 0) is 4.74 Å². The average Bonchev–Trinajstić information content (AvgIpc) is 3.17. The maximum Gasteiger partial charge on any atom is 0.358 e. The quantitative estimate of drug-likeness (QED) is 0.777. The minimum Gasteiger partial charge on any atom is -0.464 e. The van der Waals surface area contributed by atoms with Gasteiger partial charge in [0.25, 0.3) is 0 Å². The Bertz CT molecular complexity index is 571. The fraction of sp³-hybridized carbons (Fsp3) is 0.286. The number of aromatic nitrogens is 2. The molecule has 0 unspecified atom stereocenters. The van der Waals surface area contributed by atoms with E-state index in [2.05, 4.69) is 4.98 Å². The van der Waals surface area contributed by atoms with Gasteiger partial charge in [-0.2, -0.15) is 0 Å². The number of methoxy groups -OCH3 is 1. The average molecular weight is 242 g/mol. The Morgan fingerprint density at radius 2 is 2.06 bits per heavy atom. The van der Waals surface area contributed by atoms with E-state index < -0.39 is 0 Å². The van der Waals surface area contributed by atoms with Gasteiger partial charge in [0, 0.05) is 11.6 Å². The van der Waals surface area contributed by atoms with Crippen LogP contribution in [0.3, 0.4) is 0 Å². The lowest BCUT2D eigenvalue weighted by atomic mass is 10.2. The van der Waals surface area contributed by atoms with Crippen LogP contribution in [0.2, 0.25) is 0 Å². The van der Waals surface area contributed by atoms with Crippen LogP contribution in [0.5, 0.6) is 0 Å². The largest absolute Gasteiger partial charge is 0.464 e. The summed E-state index contributed by atoms with van der Waals surface area (Å²) in [6, 6.07) is 9.94. The highest BCUT2D eigenvalue weighted by atomic mass is 16.5. The first-order valence-corrected chi connectivity index (χ1v) is 6.02. The smallest absolute Gasteiger partial charge is 0.358 e. The Kier molecular flexibility index (Phi) is 2.63. The zero-order chi connectivity index (χ0) is 12.5. The molecule has 1 heterocycles. The third-order valence-electron chi connectivity index (χ3n) is 3.18. The van der Waals surface area contributed by atoms with Gasteiger partial charge < -0.3 is 9.30 Å². The molecule has 1 saturated carbocycles. The highest BCUT2D eigenvalue weighted by Crippen LogP contribution is 2.42. The lowest BCUT2D eigenvalue weighted by Crippen LogP contribution is -2.07. The van der Waals surface area contributed by atoms with Crippen molar-refractivity contribution in [2.75, 3.05) is 7.11 Å². The second-order valence-electron chi connectivity index (χ2n) is 4.45. The molecule has 92 valence electrons. The van der Waals surface area contributed by atoms with Gasteiger partial charge in [-0.25, -0.2) is 9.78 Å². The first kappa shape index (κ1) is 11.0. The van der Waals surface area contributed by atoms with Crippen molar-refractivity contribution >= 4 is 5.97 Å². The topological polar surface area (TPSA) is 44.1 Å². The standard InChI is InChI=1S/C14H14N2O2/c1-18-14(17)12-13(10-7-8-10)16(9-15-12)11-5-3-2-4-6-11/h2-6,9-10H,7-8H2,1H3. The van der Waals surface area contributed by atoms with Crippen molar-refractivity contribution in [1.29, 1.82) is 0 Å². The monoisotopic (exact) mass is 242 g/mol. The summed E-state index contributed by atoms with van der Waals surface area (Å²) in [5, 5.41) is 0. The van der Waals surface area contributed by atoms with E-state index in [4.69, 9.17) is 4.74 Å². The van der Waals surface area contributed by atoms with Gasteiger partial charge in [-0.05, 0) is 25.0 Å². The SMILES string of the molecule is COC(=O)c1ncn(-c2ccccc2)c1C1CC1. The zero-order valence-electron chi connectivity index (χ0n) is 10.2. The number of imidazole rings is 1. The maximum atomic E-state index is 11.7. The van der Waals surface area contributed by atoms with E-state index in [1.54, 1.807) is 6.33 Å². The molecule has 1 aromatic heterocycles. The summed E-state index contributed by atoms with van der Waals surface area (Å²) in [5.74, 6) is 0.0772. The Balaban J connectivity index is 2.10. The Hall–Kier alpha value is -2.10. The number of nitrogens with zero attached hydrogens (tertiary/aromatic N) is 2. The Morgan fingerprint density at radius 1 is 1.33 bits per heavy atom. The molecule has 3 rings (SSSR count). The van der Waals surface area contributed by atoms with Gasteiger partial charge in [0.2, 0.25) is 0 Å². The molecule has 0 spiro atoms. The summed E-state index contributed by atoms with van der Waals surface area (Å²) in [5.41, 5.74) is 2.46. The van der Waals surface area contributed by atoms with Gasteiger partial charge in [-0.15, -0.1) is 0 Å². The highest BCUT2D eigenvalue weighted by molar-refractivity contribution is 5.89. The molecule has 18 heavy (non-hydrogen) atoms. The summed E-state index contributed by atoms with van der Waals surface area (Å²) in [4.78, 5) is 15.9. The number of hydrogen-bond donors (Lipinski definition) is 0. The molecule has 2 aromatic rings. The minimum atomic E-state index is -0.355. The van der Waals surface area contributed by atoms with Crippen molar-refractivity contribution in [3.63, 3.8) is 0 Å². The summed E-state index contributed by atoms with van der Waals surface area (Å²) in [6.07, 6.45) is 3.93. The Labute approximate surface area is 105 Å². The molecule has 0 atom stereocenters. The molecule has 1 aliphatic rings. The maximum absolute atomic E-state index is 11.7. The molecule has 0 amide bonds. The molecule has 0 radical (unpaired) electrons. The molecule has 4 nitrogen and oxygen atoms in total. The van der Waals surface area contributed by atoms with Crippen molar-refractivity contribution in [2.24, 2.45) is 0 Å². The van der Waals surface area contributed by atoms with Gasteiger partial charge in [0.05, 0.1) is 12.8 Å². The van der Waals surface area contributed by atoms with Gasteiger partial charge in [-0.1, -0.05) is 18.2 Å². The van der Waals surface area contributed by atoms with E-state index in [9.17, 15) is 4.79 Å². The van der Waals surface area contributed by atoms with Crippen molar-refractivity contribution < 1.29 is 9.53 Å². The van der Waals surface area contributed by atoms with E-state index in [0.29, 0.717) is 11.6 Å². The van der Waals surface area contributed by atoms with Crippen LogP contribution < -0.4 is 0 Å². The van der Waals surface area contributed by atoms with Crippen LogP contribution in [0, 0.1) is 0 Å². The van der Waals surface area contributed by atoms with E-state index in [1.807, 2.05) is 34.9 Å². The molecule has 0 saturated heterocycles. The predicted octanol–water partition coefficient (Wildman–Crippen LogP) is 2.54. The van der Waals surface area contributed by atoms with Gasteiger partial charge >= 0.3 is 5.97 Å². The molecular weight excluding hydrogens is 228 g/mol. The summed E-state index contributed by atoms with van der Waals surface area (Å²) < 4.78 is 6.78. The van der Waals surface area contributed by atoms with Crippen molar-refractivity contribution in [3.05, 3.63) is 48.0 Å². The number of carbonyl (C=O) groups excluding carboxylic acids is 1. The van der Waals surface area contributed by atoms with Crippen LogP contribution in [0.25, 0.3) is 5.69 Å². The number of benzene rings is 1. The normalized spacial score (nSPS) is 14.5. The van der Waals surface area contributed by atoms with Gasteiger partial charge in [0.1, 0.15) is 6.33 Å². The van der Waals surface area contributed by atoms with E-state index in [-0.39, 0.29) is 5.97 Å². The highest BCUT2D eigenvalue weighted by Gasteiger charge is 2.33. The lowest BCUT2D eigenvalue weighted by molar-refractivity contribution is 0.0593. The number of para-hydroxylation sites is 1. The second kappa shape index (κ2) is 4.29. The van der Waals surface area contributed by atoms with Crippen LogP contribution in [0.4, 0.5) is 0 Å². The number of esters is 1. The summed E-state index contributed by atoms with van der Waals surface area (Å²) in [7, 11) is 1.39. The third kappa shape index (κ3) is 1.79. The van der Waals surface area contributed by atoms with E-state index in [1.165, 1.54) is 7.11 Å². The van der Waals surface area contributed by atoms with E-state index in [0.717, 1.165) is 24.2 Å². The lowest BCUT2D eigenvalue weighted by Gasteiger charge is -2.08. The predicted molar refractivity (Wildman–Crippen MR) is 66.9 cm³/mol. The second-order valence-corrected chi connectivity index (χ2v) is 4.45. The van der Waals surface area contributed by atoms with Crippen molar-refractivity contribution in [2.45, 2.75) is 18.8 Å². The third-order valence-corrected chi connectivity index (χ3v) is 3.18. The molecule has 1 aliphatic carbocycles. The molecule has 0 bridgehead atoms. The Morgan fingerprint density at radius 3 is 2.67 bits per heavy atom. The number of carbonyl (C=O) groups is 1. The molecule has 0 aliphatic heterocycles. The molecule has 0 N–H and O–H groups in total. The first-order valence-electron chi connectivity index (χ1n) is 6.02. The van der Waals surface area contributed by atoms with Gasteiger partial charge in [0.15, 0.2) is 5.69 Å². The molecule has 1 fully saturated rings. The number of ether oxygens (including phenoxy) is 1. The minimum absolute atomic E-state index is 0.355. The van der Waals surface area contributed by atoms with Crippen LogP contribution in [0.1, 0.15) is 34.9 Å². The van der Waals surface area contributed by atoms with E-state index >= 15 is 0 Å². The van der Waals surface area contributed by atoms with Gasteiger partial charge in [-0.3, -0.25) is 0 Å². The van der Waals surface area contributed by atoms with Crippen molar-refractivity contribution in [1.82, 2.24) is 9.55 Å². The summed E-state index contributed by atoms with van der Waals surface area (Å²) >= 11 is 0. The van der Waals surface area contributed by atoms with Crippen molar-refractivity contribution in [3.8, 4) is 5.69 Å². The first-order chi connectivity index (χ1) is 8.81. The molecular formula is C14H14N2O2.